The second kappa shape index (κ2) is 4.92. The summed E-state index contributed by atoms with van der Waals surface area (Å²) in [5.41, 5.74) is 0. The van der Waals surface area contributed by atoms with Gasteiger partial charge in [0.2, 0.25) is 0 Å². The van der Waals surface area contributed by atoms with Crippen molar-refractivity contribution in [2.24, 2.45) is 5.92 Å². The summed E-state index contributed by atoms with van der Waals surface area (Å²) in [4.78, 5) is 8.17. The van der Waals surface area contributed by atoms with Gasteiger partial charge in [-0.15, -0.1) is 0 Å². The van der Waals surface area contributed by atoms with Crippen LogP contribution in [-0.2, 0) is 0 Å². The van der Waals surface area contributed by atoms with Gasteiger partial charge in [0, 0.05) is 12.2 Å². The molecule has 0 aromatic carbocycles. The molecule has 1 aromatic rings. The molecule has 1 aromatic heterocycles. The van der Waals surface area contributed by atoms with Crippen molar-refractivity contribution in [3.05, 3.63) is 17.0 Å². The van der Waals surface area contributed by atoms with Crippen molar-refractivity contribution in [3.8, 4) is 0 Å². The predicted octanol–water partition coefficient (Wildman–Crippen LogP) is 3.23. The van der Waals surface area contributed by atoms with Gasteiger partial charge in [-0.3, -0.25) is 0 Å². The molecule has 15 heavy (non-hydrogen) atoms. The Bertz CT molecular complexity index is 321. The Kier molecular flexibility index (Phi) is 3.57. The molecule has 0 spiro atoms. The van der Waals surface area contributed by atoms with Crippen LogP contribution < -0.4 is 5.32 Å². The fraction of sp³-hybridized carbons (Fsp3) is 0.636. The van der Waals surface area contributed by atoms with Gasteiger partial charge < -0.3 is 5.32 Å². The van der Waals surface area contributed by atoms with Crippen molar-refractivity contribution < 1.29 is 0 Å². The van der Waals surface area contributed by atoms with Crippen LogP contribution in [0, 0.1) is 5.92 Å². The molecule has 1 fully saturated rings. The Hall–Kier alpha value is -0.640. The molecule has 1 heterocycles. The lowest BCUT2D eigenvalue weighted by atomic mass is 9.87. The van der Waals surface area contributed by atoms with E-state index in [-0.39, 0.29) is 0 Å². The topological polar surface area (TPSA) is 37.8 Å². The number of rotatable bonds is 2. The molecule has 0 unspecified atom stereocenters. The highest BCUT2D eigenvalue weighted by molar-refractivity contribution is 9.10. The van der Waals surface area contributed by atoms with E-state index in [1.807, 2.05) is 0 Å². The lowest BCUT2D eigenvalue weighted by Gasteiger charge is -2.27. The molecule has 0 aliphatic heterocycles. The minimum absolute atomic E-state index is 0.576. The largest absolute Gasteiger partial charge is 0.366 e. The summed E-state index contributed by atoms with van der Waals surface area (Å²) in [5, 5.41) is 3.47. The fourth-order valence-electron chi connectivity index (χ4n) is 2.02. The number of hydrogen-bond acceptors (Lipinski definition) is 3. The van der Waals surface area contributed by atoms with Crippen LogP contribution in [0.2, 0.25) is 0 Å². The second-order valence-electron chi connectivity index (χ2n) is 4.32. The molecule has 0 amide bonds. The zero-order valence-electron chi connectivity index (χ0n) is 8.91. The minimum Gasteiger partial charge on any atom is -0.366 e. The molecule has 0 saturated heterocycles. The summed E-state index contributed by atoms with van der Waals surface area (Å²) in [6, 6.07) is 0.576. The molecule has 0 radical (unpaired) electrons. The molecule has 1 aliphatic rings. The quantitative estimate of drug-likeness (QED) is 0.896. The van der Waals surface area contributed by atoms with Crippen LogP contribution in [0.4, 0.5) is 5.82 Å². The molecule has 1 saturated carbocycles. The number of hydrogen-bond donors (Lipinski definition) is 1. The van der Waals surface area contributed by atoms with E-state index in [0.717, 1.165) is 16.2 Å². The summed E-state index contributed by atoms with van der Waals surface area (Å²) in [5.74, 6) is 1.81. The number of nitrogens with one attached hydrogen (secondary N) is 1. The summed E-state index contributed by atoms with van der Waals surface area (Å²) < 4.78 is 0.948. The van der Waals surface area contributed by atoms with Gasteiger partial charge in [-0.05, 0) is 47.5 Å². The lowest BCUT2D eigenvalue weighted by Crippen LogP contribution is -2.25. The highest BCUT2D eigenvalue weighted by Gasteiger charge is 2.18. The number of anilines is 1. The summed E-state index contributed by atoms with van der Waals surface area (Å²) >= 11 is 3.45. The van der Waals surface area contributed by atoms with E-state index < -0.39 is 0 Å². The number of nitrogens with zero attached hydrogens (tertiary/aromatic N) is 2. The normalized spacial score (nSPS) is 26.3. The van der Waals surface area contributed by atoms with E-state index in [2.05, 4.69) is 38.1 Å². The van der Waals surface area contributed by atoms with E-state index in [0.29, 0.717) is 6.04 Å². The molecular weight excluding hydrogens is 254 g/mol. The third-order valence-corrected chi connectivity index (χ3v) is 3.60. The molecule has 82 valence electrons. The molecule has 2 rings (SSSR count). The Morgan fingerprint density at radius 2 is 2.07 bits per heavy atom. The molecular formula is C11H16BrN3. The SMILES string of the molecule is CC1CCC(Nc2ncncc2Br)CC1. The van der Waals surface area contributed by atoms with Crippen LogP contribution in [0.1, 0.15) is 32.6 Å². The summed E-state index contributed by atoms with van der Waals surface area (Å²) in [6.07, 6.45) is 8.50. The van der Waals surface area contributed by atoms with Crippen molar-refractivity contribution in [3.63, 3.8) is 0 Å². The Morgan fingerprint density at radius 1 is 1.33 bits per heavy atom. The molecule has 0 atom stereocenters. The molecule has 3 nitrogen and oxygen atoms in total. The van der Waals surface area contributed by atoms with E-state index in [1.54, 1.807) is 12.5 Å². The van der Waals surface area contributed by atoms with Gasteiger partial charge in [0.1, 0.15) is 12.1 Å². The van der Waals surface area contributed by atoms with Gasteiger partial charge in [-0.2, -0.15) is 0 Å². The standard InChI is InChI=1S/C11H16BrN3/c1-8-2-4-9(5-3-8)15-11-10(12)6-13-7-14-11/h6-9H,2-5H2,1H3,(H,13,14,15). The average molecular weight is 270 g/mol. The summed E-state index contributed by atoms with van der Waals surface area (Å²) in [7, 11) is 0. The maximum atomic E-state index is 4.22. The van der Waals surface area contributed by atoms with Crippen LogP contribution in [0.25, 0.3) is 0 Å². The highest BCUT2D eigenvalue weighted by Crippen LogP contribution is 2.27. The number of aromatic nitrogens is 2. The average Bonchev–Trinajstić information content (AvgIpc) is 2.25. The maximum absolute atomic E-state index is 4.22. The van der Waals surface area contributed by atoms with Gasteiger partial charge in [-0.25, -0.2) is 9.97 Å². The Labute approximate surface area is 98.8 Å². The Morgan fingerprint density at radius 3 is 2.73 bits per heavy atom. The first-order valence-corrected chi connectivity index (χ1v) is 6.27. The number of halogens is 1. The first-order chi connectivity index (χ1) is 7.25. The smallest absolute Gasteiger partial charge is 0.143 e. The van der Waals surface area contributed by atoms with Crippen LogP contribution in [0.15, 0.2) is 17.0 Å². The van der Waals surface area contributed by atoms with Crippen molar-refractivity contribution in [2.45, 2.75) is 38.6 Å². The third kappa shape index (κ3) is 2.91. The molecule has 4 heteroatoms. The van der Waals surface area contributed by atoms with E-state index in [9.17, 15) is 0 Å². The zero-order valence-corrected chi connectivity index (χ0v) is 10.5. The fourth-order valence-corrected chi connectivity index (χ4v) is 2.35. The van der Waals surface area contributed by atoms with Gasteiger partial charge in [-0.1, -0.05) is 6.92 Å². The first-order valence-electron chi connectivity index (χ1n) is 5.47. The van der Waals surface area contributed by atoms with Crippen molar-refractivity contribution in [1.82, 2.24) is 9.97 Å². The summed E-state index contributed by atoms with van der Waals surface area (Å²) in [6.45, 7) is 2.33. The van der Waals surface area contributed by atoms with Crippen molar-refractivity contribution >= 4 is 21.7 Å². The van der Waals surface area contributed by atoms with Crippen LogP contribution in [-0.4, -0.2) is 16.0 Å². The molecule has 1 aliphatic carbocycles. The van der Waals surface area contributed by atoms with Gasteiger partial charge in [0.25, 0.3) is 0 Å². The monoisotopic (exact) mass is 269 g/mol. The van der Waals surface area contributed by atoms with Crippen LogP contribution >= 0.6 is 15.9 Å². The first kappa shape index (κ1) is 10.9. The molecule has 1 N–H and O–H groups in total. The predicted molar refractivity (Wildman–Crippen MR) is 64.8 cm³/mol. The van der Waals surface area contributed by atoms with Gasteiger partial charge in [0.15, 0.2) is 0 Å². The van der Waals surface area contributed by atoms with Crippen molar-refractivity contribution in [2.75, 3.05) is 5.32 Å². The van der Waals surface area contributed by atoms with E-state index >= 15 is 0 Å². The van der Waals surface area contributed by atoms with Gasteiger partial charge >= 0.3 is 0 Å². The van der Waals surface area contributed by atoms with Gasteiger partial charge in [0.05, 0.1) is 4.47 Å². The van der Waals surface area contributed by atoms with Crippen LogP contribution in [0.5, 0.6) is 0 Å². The second-order valence-corrected chi connectivity index (χ2v) is 5.17. The third-order valence-electron chi connectivity index (χ3n) is 3.02. The molecule has 0 bridgehead atoms. The van der Waals surface area contributed by atoms with Crippen molar-refractivity contribution in [1.29, 1.82) is 0 Å². The zero-order chi connectivity index (χ0) is 10.7. The minimum atomic E-state index is 0.576. The highest BCUT2D eigenvalue weighted by atomic mass is 79.9. The van der Waals surface area contributed by atoms with E-state index in [4.69, 9.17) is 0 Å². The Balaban J connectivity index is 1.95. The maximum Gasteiger partial charge on any atom is 0.143 e. The lowest BCUT2D eigenvalue weighted by molar-refractivity contribution is 0.360. The van der Waals surface area contributed by atoms with Crippen LogP contribution in [0.3, 0.4) is 0 Å². The van der Waals surface area contributed by atoms with E-state index in [1.165, 1.54) is 25.7 Å².